The molecule has 0 bridgehead atoms. The monoisotopic (exact) mass is 242 g/mol. The lowest BCUT2D eigenvalue weighted by Crippen LogP contribution is -2.18. The molecule has 1 heterocycles. The van der Waals surface area contributed by atoms with Gasteiger partial charge in [-0.3, -0.25) is 0 Å². The maximum Gasteiger partial charge on any atom is 0.365 e. The van der Waals surface area contributed by atoms with E-state index in [1.165, 1.54) is 16.0 Å². The third-order valence-corrected chi connectivity index (χ3v) is 11.1. The van der Waals surface area contributed by atoms with E-state index >= 15 is 0 Å². The summed E-state index contributed by atoms with van der Waals surface area (Å²) in [6.45, 7) is 4.14. The number of hydrogen-bond donors (Lipinski definition) is 0. The summed E-state index contributed by atoms with van der Waals surface area (Å²) in [5.41, 5.74) is 4.80. The van der Waals surface area contributed by atoms with Gasteiger partial charge in [0.25, 0.3) is 0 Å². The van der Waals surface area contributed by atoms with Crippen LogP contribution in [0, 0.1) is 0 Å². The molecule has 0 unspecified atom stereocenters. The highest BCUT2D eigenvalue weighted by molar-refractivity contribution is 7.69. The second-order valence-corrected chi connectivity index (χ2v) is 13.4. The Kier molecular flexibility index (Phi) is 2.93. The molecule has 0 aromatic heterocycles. The van der Waals surface area contributed by atoms with Crippen LogP contribution in [0.15, 0.2) is 21.7 Å². The SMILES string of the molecule is CC1=C[SiH2]C([Si](Cl)(Cl)Cl)=C1C. The smallest absolute Gasteiger partial charge is 0.122 e. The Labute approximate surface area is 84.2 Å². The zero-order valence-corrected chi connectivity index (χ0v) is 11.1. The van der Waals surface area contributed by atoms with Crippen LogP contribution in [0.25, 0.3) is 0 Å². The van der Waals surface area contributed by atoms with E-state index in [2.05, 4.69) is 19.5 Å². The summed E-state index contributed by atoms with van der Waals surface area (Å²) in [6.07, 6.45) is 0. The molecule has 0 nitrogen and oxygen atoms in total. The summed E-state index contributed by atoms with van der Waals surface area (Å²) >= 11 is 17.7. The van der Waals surface area contributed by atoms with Crippen molar-refractivity contribution in [1.29, 1.82) is 0 Å². The molecule has 0 atom stereocenters. The standard InChI is InChI=1S/C6H9Cl3Si2/c1-4-3-10-6(5(4)2)11(7,8)9/h3H,10H2,1-2H3. The first kappa shape index (κ1) is 9.87. The molecule has 11 heavy (non-hydrogen) atoms. The maximum atomic E-state index is 5.91. The molecule has 62 valence electrons. The molecule has 0 aliphatic carbocycles. The highest BCUT2D eigenvalue weighted by atomic mass is 35.8. The molecule has 0 spiro atoms. The Bertz CT molecular complexity index is 237. The highest BCUT2D eigenvalue weighted by Gasteiger charge is 2.33. The summed E-state index contributed by atoms with van der Waals surface area (Å²) in [6, 6.07) is -2.52. The minimum absolute atomic E-state index is 0.358. The number of halogens is 3. The molecule has 0 fully saturated rings. The van der Waals surface area contributed by atoms with Gasteiger partial charge in [0, 0.05) is 0 Å². The van der Waals surface area contributed by atoms with Gasteiger partial charge in [-0.25, -0.2) is 0 Å². The van der Waals surface area contributed by atoms with E-state index in [1.54, 1.807) is 0 Å². The second kappa shape index (κ2) is 3.26. The van der Waals surface area contributed by atoms with Crippen molar-refractivity contribution >= 4 is 48.8 Å². The molecule has 0 N–H and O–H groups in total. The van der Waals surface area contributed by atoms with Crippen molar-refractivity contribution in [2.75, 3.05) is 0 Å². The van der Waals surface area contributed by atoms with Gasteiger partial charge in [0.05, 0.1) is 9.52 Å². The Morgan fingerprint density at radius 3 is 2.00 bits per heavy atom. The molecular weight excluding hydrogens is 235 g/mol. The first-order valence-electron chi connectivity index (χ1n) is 3.37. The fraction of sp³-hybridized carbons (Fsp3) is 0.333. The second-order valence-electron chi connectivity index (χ2n) is 2.69. The van der Waals surface area contributed by atoms with Crippen LogP contribution in [0.4, 0.5) is 0 Å². The van der Waals surface area contributed by atoms with Gasteiger partial charge < -0.3 is 0 Å². The summed E-state index contributed by atoms with van der Waals surface area (Å²) < 4.78 is 0. The summed E-state index contributed by atoms with van der Waals surface area (Å²) in [7, 11) is -0.358. The third-order valence-electron chi connectivity index (χ3n) is 2.00. The molecule has 0 radical (unpaired) electrons. The summed E-state index contributed by atoms with van der Waals surface area (Å²) in [5.74, 6) is 0. The Hall–Kier alpha value is 0.784. The lowest BCUT2D eigenvalue weighted by Gasteiger charge is -2.10. The van der Waals surface area contributed by atoms with Crippen molar-refractivity contribution in [2.24, 2.45) is 0 Å². The van der Waals surface area contributed by atoms with Crippen LogP contribution < -0.4 is 0 Å². The van der Waals surface area contributed by atoms with Gasteiger partial charge >= 0.3 is 6.00 Å². The van der Waals surface area contributed by atoms with Crippen molar-refractivity contribution in [2.45, 2.75) is 13.8 Å². The largest absolute Gasteiger partial charge is 0.365 e. The van der Waals surface area contributed by atoms with Crippen molar-refractivity contribution in [1.82, 2.24) is 0 Å². The summed E-state index contributed by atoms with van der Waals surface area (Å²) in [5, 5.41) is 0. The molecule has 1 aliphatic rings. The third kappa shape index (κ3) is 2.13. The zero-order chi connectivity index (χ0) is 8.65. The predicted molar refractivity (Wildman–Crippen MR) is 58.3 cm³/mol. The summed E-state index contributed by atoms with van der Waals surface area (Å²) in [4.78, 5) is 1.18. The zero-order valence-electron chi connectivity index (χ0n) is 6.42. The van der Waals surface area contributed by atoms with Gasteiger partial charge in [-0.05, 0) is 18.7 Å². The normalized spacial score (nSPS) is 21.4. The molecule has 1 rings (SSSR count). The minimum atomic E-state index is -2.52. The first-order valence-corrected chi connectivity index (χ1v) is 9.93. The van der Waals surface area contributed by atoms with E-state index in [0.717, 1.165) is 0 Å². The fourth-order valence-electron chi connectivity index (χ4n) is 1.13. The predicted octanol–water partition coefficient (Wildman–Crippen LogP) is 2.54. The van der Waals surface area contributed by atoms with Crippen LogP contribution in [-0.2, 0) is 0 Å². The van der Waals surface area contributed by atoms with Gasteiger partial charge in [-0.1, -0.05) is 16.8 Å². The Morgan fingerprint density at radius 1 is 1.27 bits per heavy atom. The average molecular weight is 244 g/mol. The van der Waals surface area contributed by atoms with Gasteiger partial charge in [0.2, 0.25) is 0 Å². The van der Waals surface area contributed by atoms with Crippen LogP contribution in [0.2, 0.25) is 0 Å². The van der Waals surface area contributed by atoms with Crippen molar-refractivity contribution < 1.29 is 0 Å². The number of hydrogen-bond acceptors (Lipinski definition) is 0. The van der Waals surface area contributed by atoms with Gasteiger partial charge in [-0.2, -0.15) is 0 Å². The highest BCUT2D eigenvalue weighted by Crippen LogP contribution is 2.35. The molecule has 1 aliphatic heterocycles. The molecule has 0 aromatic rings. The fourth-order valence-corrected chi connectivity index (χ4v) is 7.74. The van der Waals surface area contributed by atoms with Gasteiger partial charge in [0.15, 0.2) is 0 Å². The van der Waals surface area contributed by atoms with E-state index < -0.39 is 6.00 Å². The van der Waals surface area contributed by atoms with E-state index in [1.807, 2.05) is 0 Å². The molecule has 0 saturated heterocycles. The van der Waals surface area contributed by atoms with E-state index in [-0.39, 0.29) is 9.52 Å². The molecule has 0 aromatic carbocycles. The quantitative estimate of drug-likeness (QED) is 0.491. The van der Waals surface area contributed by atoms with E-state index in [4.69, 9.17) is 33.2 Å². The molecular formula is C6H9Cl3Si2. The molecule has 0 amide bonds. The first-order chi connectivity index (χ1) is 4.93. The Balaban J connectivity index is 2.95. The van der Waals surface area contributed by atoms with Crippen molar-refractivity contribution in [3.8, 4) is 0 Å². The van der Waals surface area contributed by atoms with Crippen molar-refractivity contribution in [3.05, 3.63) is 21.7 Å². The van der Waals surface area contributed by atoms with Crippen LogP contribution in [-0.4, -0.2) is 15.5 Å². The van der Waals surface area contributed by atoms with Crippen LogP contribution in [0.3, 0.4) is 0 Å². The number of rotatable bonds is 1. The Morgan fingerprint density at radius 2 is 1.82 bits per heavy atom. The molecule has 0 saturated carbocycles. The van der Waals surface area contributed by atoms with Gasteiger partial charge in [-0.15, -0.1) is 33.2 Å². The van der Waals surface area contributed by atoms with E-state index in [0.29, 0.717) is 0 Å². The lowest BCUT2D eigenvalue weighted by molar-refractivity contribution is 1.38. The van der Waals surface area contributed by atoms with Crippen molar-refractivity contribution in [3.63, 3.8) is 0 Å². The van der Waals surface area contributed by atoms with Crippen LogP contribution in [0.5, 0.6) is 0 Å². The average Bonchev–Trinajstić information content (AvgIpc) is 2.11. The van der Waals surface area contributed by atoms with E-state index in [9.17, 15) is 0 Å². The minimum Gasteiger partial charge on any atom is -0.122 e. The van der Waals surface area contributed by atoms with Crippen LogP contribution >= 0.6 is 33.2 Å². The number of allylic oxidation sites excluding steroid dienone is 2. The topological polar surface area (TPSA) is 0 Å². The maximum absolute atomic E-state index is 5.91. The van der Waals surface area contributed by atoms with Crippen LogP contribution in [0.1, 0.15) is 13.8 Å². The van der Waals surface area contributed by atoms with Gasteiger partial charge in [0.1, 0.15) is 0 Å². The lowest BCUT2D eigenvalue weighted by atomic mass is 10.2. The molecule has 5 heteroatoms.